The molecule has 0 unspecified atom stereocenters. The van der Waals surface area contributed by atoms with Crippen LogP contribution < -0.4 is 15.8 Å². The number of carbonyl (C=O) groups excluding carboxylic acids is 1. The summed E-state index contributed by atoms with van der Waals surface area (Å²) in [7, 11) is 0. The van der Waals surface area contributed by atoms with Gasteiger partial charge in [-0.2, -0.15) is 0 Å². The second-order valence-electron chi connectivity index (χ2n) is 5.67. The Morgan fingerprint density at radius 1 is 1.29 bits per heavy atom. The number of aromatic nitrogens is 1. The van der Waals surface area contributed by atoms with Gasteiger partial charge in [-0.15, -0.1) is 23.7 Å². The van der Waals surface area contributed by atoms with Gasteiger partial charge >= 0.3 is 0 Å². The maximum atomic E-state index is 12.2. The first kappa shape index (κ1) is 18.7. The zero-order valence-electron chi connectivity index (χ0n) is 13.4. The van der Waals surface area contributed by atoms with E-state index in [1.165, 1.54) is 24.2 Å². The van der Waals surface area contributed by atoms with Crippen LogP contribution in [0.5, 0.6) is 5.75 Å². The number of amides is 1. The molecule has 1 heterocycles. The molecule has 0 radical (unpaired) electrons. The molecule has 1 aromatic carbocycles. The predicted octanol–water partition coefficient (Wildman–Crippen LogP) is 3.64. The Kier molecular flexibility index (Phi) is 7.02. The second kappa shape index (κ2) is 9.01. The monoisotopic (exact) mass is 367 g/mol. The van der Waals surface area contributed by atoms with Crippen LogP contribution in [0.3, 0.4) is 0 Å². The number of ether oxygens (including phenoxy) is 1. The third-order valence-electron chi connectivity index (χ3n) is 3.86. The average molecular weight is 368 g/mol. The number of rotatable bonds is 6. The number of thiazole rings is 1. The highest BCUT2D eigenvalue weighted by Crippen LogP contribution is 2.25. The Bertz CT molecular complexity index is 654. The number of halogens is 1. The van der Waals surface area contributed by atoms with Crippen LogP contribution in [0.2, 0.25) is 0 Å². The van der Waals surface area contributed by atoms with Crippen LogP contribution in [-0.2, 0) is 6.42 Å². The minimum absolute atomic E-state index is 0. The maximum absolute atomic E-state index is 12.2. The summed E-state index contributed by atoms with van der Waals surface area (Å²) in [5, 5.41) is 5.50. The van der Waals surface area contributed by atoms with Gasteiger partial charge in [-0.3, -0.25) is 4.79 Å². The minimum atomic E-state index is -0.200. The number of anilines is 1. The first-order valence-corrected chi connectivity index (χ1v) is 8.85. The fourth-order valence-electron chi connectivity index (χ4n) is 2.66. The Hall–Kier alpha value is -1.63. The molecular weight excluding hydrogens is 346 g/mol. The number of benzene rings is 1. The largest absolute Gasteiger partial charge is 0.490 e. The fraction of sp³-hybridized carbons (Fsp3) is 0.412. The molecule has 0 aliphatic heterocycles. The van der Waals surface area contributed by atoms with E-state index in [2.05, 4.69) is 10.3 Å². The van der Waals surface area contributed by atoms with Gasteiger partial charge in [-0.05, 0) is 56.5 Å². The van der Waals surface area contributed by atoms with Crippen LogP contribution in [0.25, 0.3) is 0 Å². The molecule has 0 spiro atoms. The van der Waals surface area contributed by atoms with Crippen molar-refractivity contribution in [1.82, 2.24) is 4.98 Å². The van der Waals surface area contributed by atoms with Crippen molar-refractivity contribution in [2.24, 2.45) is 5.73 Å². The van der Waals surface area contributed by atoms with E-state index >= 15 is 0 Å². The van der Waals surface area contributed by atoms with Crippen molar-refractivity contribution in [3.05, 3.63) is 40.3 Å². The second-order valence-corrected chi connectivity index (χ2v) is 6.61. The van der Waals surface area contributed by atoms with Gasteiger partial charge in [0.2, 0.25) is 0 Å². The maximum Gasteiger partial charge on any atom is 0.275 e. The molecule has 24 heavy (non-hydrogen) atoms. The predicted molar refractivity (Wildman–Crippen MR) is 99.4 cm³/mol. The number of hydrogen-bond donors (Lipinski definition) is 2. The number of nitrogens with two attached hydrogens (primary N) is 1. The Morgan fingerprint density at radius 2 is 2.00 bits per heavy atom. The molecule has 2 aromatic rings. The van der Waals surface area contributed by atoms with Crippen LogP contribution in [-0.4, -0.2) is 23.5 Å². The van der Waals surface area contributed by atoms with Gasteiger partial charge in [0.25, 0.3) is 5.91 Å². The molecule has 3 rings (SSSR count). The fourth-order valence-corrected chi connectivity index (χ4v) is 3.46. The third kappa shape index (κ3) is 4.93. The van der Waals surface area contributed by atoms with Gasteiger partial charge in [0, 0.05) is 17.5 Å². The molecule has 1 aliphatic rings. The highest BCUT2D eigenvalue weighted by molar-refractivity contribution is 7.09. The molecule has 1 saturated carbocycles. The molecule has 1 aliphatic carbocycles. The Balaban J connectivity index is 0.00000208. The number of carbonyl (C=O) groups is 1. The summed E-state index contributed by atoms with van der Waals surface area (Å²) in [6, 6.07) is 7.51. The van der Waals surface area contributed by atoms with Crippen molar-refractivity contribution in [2.75, 3.05) is 11.9 Å². The highest BCUT2D eigenvalue weighted by Gasteiger charge is 2.16. The van der Waals surface area contributed by atoms with Crippen molar-refractivity contribution in [3.8, 4) is 5.75 Å². The van der Waals surface area contributed by atoms with E-state index in [0.29, 0.717) is 24.8 Å². The zero-order valence-corrected chi connectivity index (χ0v) is 15.0. The van der Waals surface area contributed by atoms with Gasteiger partial charge in [-0.1, -0.05) is 0 Å². The van der Waals surface area contributed by atoms with Crippen LogP contribution in [0.4, 0.5) is 5.69 Å². The van der Waals surface area contributed by atoms with E-state index in [0.717, 1.165) is 29.3 Å². The lowest BCUT2D eigenvalue weighted by molar-refractivity contribution is 0.102. The summed E-state index contributed by atoms with van der Waals surface area (Å²) in [4.78, 5) is 16.4. The summed E-state index contributed by atoms with van der Waals surface area (Å²) in [5.74, 6) is 0.655. The van der Waals surface area contributed by atoms with Gasteiger partial charge in [0.15, 0.2) is 0 Å². The van der Waals surface area contributed by atoms with Gasteiger partial charge in [0.05, 0.1) is 11.1 Å². The quantitative estimate of drug-likeness (QED) is 0.817. The molecule has 1 aromatic heterocycles. The van der Waals surface area contributed by atoms with E-state index in [9.17, 15) is 4.79 Å². The Morgan fingerprint density at radius 3 is 2.67 bits per heavy atom. The van der Waals surface area contributed by atoms with Gasteiger partial charge < -0.3 is 15.8 Å². The molecule has 7 heteroatoms. The molecule has 5 nitrogen and oxygen atoms in total. The summed E-state index contributed by atoms with van der Waals surface area (Å²) < 4.78 is 5.91. The third-order valence-corrected chi connectivity index (χ3v) is 4.77. The normalized spacial score (nSPS) is 14.2. The van der Waals surface area contributed by atoms with E-state index in [-0.39, 0.29) is 18.3 Å². The number of hydrogen-bond acceptors (Lipinski definition) is 5. The van der Waals surface area contributed by atoms with Crippen LogP contribution in [0, 0.1) is 0 Å². The molecule has 0 atom stereocenters. The van der Waals surface area contributed by atoms with Crippen molar-refractivity contribution in [1.29, 1.82) is 0 Å². The van der Waals surface area contributed by atoms with E-state index in [4.69, 9.17) is 10.5 Å². The summed E-state index contributed by atoms with van der Waals surface area (Å²) in [6.45, 7) is 0.539. The summed E-state index contributed by atoms with van der Waals surface area (Å²) in [5.41, 5.74) is 6.67. The molecule has 1 fully saturated rings. The van der Waals surface area contributed by atoms with Crippen LogP contribution in [0.1, 0.15) is 41.2 Å². The van der Waals surface area contributed by atoms with E-state index in [1.807, 2.05) is 24.3 Å². The lowest BCUT2D eigenvalue weighted by Gasteiger charge is -2.13. The molecule has 0 bridgehead atoms. The van der Waals surface area contributed by atoms with Crippen molar-refractivity contribution in [3.63, 3.8) is 0 Å². The minimum Gasteiger partial charge on any atom is -0.490 e. The molecule has 130 valence electrons. The topological polar surface area (TPSA) is 77.2 Å². The van der Waals surface area contributed by atoms with Crippen LogP contribution >= 0.6 is 23.7 Å². The molecule has 3 N–H and O–H groups in total. The Labute approximate surface area is 152 Å². The first-order valence-electron chi connectivity index (χ1n) is 7.97. The highest BCUT2D eigenvalue weighted by atomic mass is 35.5. The van der Waals surface area contributed by atoms with Crippen molar-refractivity contribution >= 4 is 35.3 Å². The smallest absolute Gasteiger partial charge is 0.275 e. The summed E-state index contributed by atoms with van der Waals surface area (Å²) in [6.07, 6.45) is 5.80. The van der Waals surface area contributed by atoms with Crippen molar-refractivity contribution in [2.45, 2.75) is 38.2 Å². The SMILES string of the molecule is Cl.NCCc1nc(C(=O)Nc2ccc(OC3CCCC3)cc2)cs1. The number of nitrogens with one attached hydrogen (secondary N) is 1. The van der Waals surface area contributed by atoms with E-state index in [1.54, 1.807) is 5.38 Å². The van der Waals surface area contributed by atoms with Crippen molar-refractivity contribution < 1.29 is 9.53 Å². The number of nitrogens with zero attached hydrogens (tertiary/aromatic N) is 1. The molecular formula is C17H22ClN3O2S. The van der Waals surface area contributed by atoms with Gasteiger partial charge in [-0.25, -0.2) is 4.98 Å². The van der Waals surface area contributed by atoms with Crippen LogP contribution in [0.15, 0.2) is 29.6 Å². The van der Waals surface area contributed by atoms with E-state index < -0.39 is 0 Å². The van der Waals surface area contributed by atoms with Gasteiger partial charge in [0.1, 0.15) is 11.4 Å². The summed E-state index contributed by atoms with van der Waals surface area (Å²) >= 11 is 1.46. The zero-order chi connectivity index (χ0) is 16.1. The lowest BCUT2D eigenvalue weighted by atomic mass is 10.2. The average Bonchev–Trinajstić information content (AvgIpc) is 3.21. The first-order chi connectivity index (χ1) is 11.2. The molecule has 0 saturated heterocycles. The molecule has 1 amide bonds. The standard InChI is InChI=1S/C17H21N3O2S.ClH/c18-10-9-16-20-15(11-23-16)17(21)19-12-5-7-14(8-6-12)22-13-3-1-2-4-13;/h5-8,11,13H,1-4,9-10,18H2,(H,19,21);1H. The lowest BCUT2D eigenvalue weighted by Crippen LogP contribution is -2.13.